The van der Waals surface area contributed by atoms with Gasteiger partial charge in [-0.05, 0) is 45.1 Å². The summed E-state index contributed by atoms with van der Waals surface area (Å²) in [5.74, 6) is -11.4. The van der Waals surface area contributed by atoms with E-state index in [2.05, 4.69) is 0 Å². The molecule has 4 atom stereocenters. The van der Waals surface area contributed by atoms with Gasteiger partial charge in [-0.2, -0.15) is 0 Å². The van der Waals surface area contributed by atoms with E-state index < -0.39 is 96.7 Å². The number of nitrogens with two attached hydrogens (primary N) is 2. The third-order valence-electron chi connectivity index (χ3n) is 6.46. The number of ether oxygens (including phenoxy) is 1. The van der Waals surface area contributed by atoms with Crippen molar-refractivity contribution in [3.8, 4) is 0 Å². The maximum Gasteiger partial charge on any atom is 0.372 e. The number of rotatable bonds is 22. The summed E-state index contributed by atoms with van der Waals surface area (Å²) in [6.45, 7) is 3.42. The van der Waals surface area contributed by atoms with E-state index in [0.29, 0.717) is 0 Å². The molecule has 16 heteroatoms. The lowest BCUT2D eigenvalue weighted by atomic mass is 9.82. The monoisotopic (exact) mass is 589 g/mol. The fourth-order valence-corrected chi connectivity index (χ4v) is 4.30. The molecule has 2 unspecified atom stereocenters. The molecule has 0 aromatic carbocycles. The summed E-state index contributed by atoms with van der Waals surface area (Å²) in [5.41, 5.74) is 8.23. The summed E-state index contributed by atoms with van der Waals surface area (Å²) in [4.78, 5) is 95.7. The third kappa shape index (κ3) is 12.0. The van der Waals surface area contributed by atoms with Crippen LogP contribution in [-0.4, -0.2) is 103 Å². The first-order valence-electron chi connectivity index (χ1n) is 12.8. The van der Waals surface area contributed by atoms with Crippen molar-refractivity contribution >= 4 is 47.3 Å². The highest BCUT2D eigenvalue weighted by atomic mass is 16.6. The van der Waals surface area contributed by atoms with Crippen LogP contribution >= 0.6 is 0 Å². The lowest BCUT2D eigenvalue weighted by molar-refractivity contribution is -0.193. The molecule has 8 N–H and O–H groups in total. The van der Waals surface area contributed by atoms with Gasteiger partial charge in [0.1, 0.15) is 12.1 Å². The van der Waals surface area contributed by atoms with Gasteiger partial charge in [0.2, 0.25) is 23.1 Å². The number of esters is 1. The van der Waals surface area contributed by atoms with Crippen molar-refractivity contribution in [1.29, 1.82) is 0 Å². The van der Waals surface area contributed by atoms with Gasteiger partial charge in [-0.1, -0.05) is 13.8 Å². The zero-order valence-corrected chi connectivity index (χ0v) is 23.2. The number of aliphatic carboxylic acids is 4. The standard InChI is InChI=1S/C25H39N3O13/c1-13(2)12-15(20(32)33)28(3)18(8-4-6-16(29)21(34)35)25(24(39)40,11-5-7-17(30)22(36)37)41-23(38)14(26)9-10-19(27)31/h13-15,18H,4-12,26H2,1-3H3,(H2,27,31)(H,32,33)(H,34,35)(H,36,37)(H,39,40)/t14-,15-,18?,25?/m0/s1. The molecule has 0 rings (SSSR count). The van der Waals surface area contributed by atoms with E-state index in [1.807, 2.05) is 0 Å². The van der Waals surface area contributed by atoms with E-state index in [9.17, 15) is 48.6 Å². The lowest BCUT2D eigenvalue weighted by Gasteiger charge is -2.44. The molecule has 0 aromatic rings. The van der Waals surface area contributed by atoms with Crippen LogP contribution in [0.15, 0.2) is 0 Å². The van der Waals surface area contributed by atoms with E-state index in [1.165, 1.54) is 7.05 Å². The van der Waals surface area contributed by atoms with Crippen LogP contribution in [0.3, 0.4) is 0 Å². The summed E-state index contributed by atoms with van der Waals surface area (Å²) in [6.07, 6.45) is -3.59. The van der Waals surface area contributed by atoms with Crippen molar-refractivity contribution in [2.24, 2.45) is 17.4 Å². The Kier molecular flexibility index (Phi) is 15.4. The highest BCUT2D eigenvalue weighted by Crippen LogP contribution is 2.34. The highest BCUT2D eigenvalue weighted by molar-refractivity contribution is 6.33. The first-order valence-corrected chi connectivity index (χ1v) is 12.8. The predicted molar refractivity (Wildman–Crippen MR) is 138 cm³/mol. The molecule has 0 fully saturated rings. The molecule has 232 valence electrons. The zero-order valence-electron chi connectivity index (χ0n) is 23.2. The van der Waals surface area contributed by atoms with Crippen LogP contribution in [0.2, 0.25) is 0 Å². The second-order valence-electron chi connectivity index (χ2n) is 10.1. The first-order chi connectivity index (χ1) is 18.9. The van der Waals surface area contributed by atoms with E-state index in [0.717, 1.165) is 4.90 Å². The summed E-state index contributed by atoms with van der Waals surface area (Å²) in [7, 11) is 1.26. The molecule has 0 radical (unpaired) electrons. The van der Waals surface area contributed by atoms with E-state index >= 15 is 0 Å². The Morgan fingerprint density at radius 1 is 0.829 bits per heavy atom. The molecule has 0 aliphatic carbocycles. The molecule has 0 aliphatic rings. The molecule has 0 bridgehead atoms. The fourth-order valence-electron chi connectivity index (χ4n) is 4.30. The quantitative estimate of drug-likeness (QED) is 0.0678. The maximum atomic E-state index is 13.0. The molecule has 0 heterocycles. The van der Waals surface area contributed by atoms with Gasteiger partial charge in [-0.15, -0.1) is 0 Å². The minimum atomic E-state index is -2.63. The molecule has 0 aliphatic heterocycles. The van der Waals surface area contributed by atoms with E-state index in [-0.39, 0.29) is 38.0 Å². The largest absolute Gasteiger partial charge is 0.480 e. The first kappa shape index (κ1) is 37.1. The minimum absolute atomic E-state index is 0.00958. The number of amides is 1. The predicted octanol–water partition coefficient (Wildman–Crippen LogP) is -0.606. The molecular formula is C25H39N3O13. The average Bonchev–Trinajstić information content (AvgIpc) is 2.86. The summed E-state index contributed by atoms with van der Waals surface area (Å²) in [6, 6.07) is -4.39. The SMILES string of the molecule is CC(C)C[C@@H](C(=O)O)N(C)C(CCCC(=O)C(=O)O)C(CCCC(=O)C(=O)O)(OC(=O)[C@@H](N)CCC(N)=O)C(=O)O. The van der Waals surface area contributed by atoms with Gasteiger partial charge in [0.15, 0.2) is 0 Å². The number of hydrogen-bond acceptors (Lipinski definition) is 11. The van der Waals surface area contributed by atoms with Crippen molar-refractivity contribution in [3.63, 3.8) is 0 Å². The number of ketones is 2. The summed E-state index contributed by atoms with van der Waals surface area (Å²) < 4.78 is 5.45. The third-order valence-corrected chi connectivity index (χ3v) is 6.46. The van der Waals surface area contributed by atoms with Gasteiger partial charge >= 0.3 is 29.8 Å². The van der Waals surface area contributed by atoms with Crippen molar-refractivity contribution < 1.29 is 63.5 Å². The molecule has 1 amide bonds. The van der Waals surface area contributed by atoms with Crippen molar-refractivity contribution in [2.45, 2.75) is 95.4 Å². The Balaban J connectivity index is 6.83. The molecule has 0 saturated heterocycles. The Morgan fingerprint density at radius 3 is 1.76 bits per heavy atom. The number of nitrogens with zero attached hydrogens (tertiary/aromatic N) is 1. The molecule has 41 heavy (non-hydrogen) atoms. The van der Waals surface area contributed by atoms with Gasteiger partial charge < -0.3 is 36.6 Å². The molecule has 16 nitrogen and oxygen atoms in total. The van der Waals surface area contributed by atoms with E-state index in [4.69, 9.17) is 26.4 Å². The van der Waals surface area contributed by atoms with Crippen molar-refractivity contribution in [1.82, 2.24) is 4.90 Å². The maximum absolute atomic E-state index is 13.0. The Bertz CT molecular complexity index is 1010. The van der Waals surface area contributed by atoms with Crippen molar-refractivity contribution in [2.75, 3.05) is 7.05 Å². The van der Waals surface area contributed by atoms with Crippen LogP contribution in [0, 0.1) is 5.92 Å². The van der Waals surface area contributed by atoms with Gasteiger partial charge in [-0.3, -0.25) is 28.9 Å². The van der Waals surface area contributed by atoms with Crippen LogP contribution < -0.4 is 11.5 Å². The number of carboxylic acid groups (broad SMARTS) is 4. The molecular weight excluding hydrogens is 550 g/mol. The van der Waals surface area contributed by atoms with E-state index in [1.54, 1.807) is 13.8 Å². The Hall–Kier alpha value is -3.92. The van der Waals surface area contributed by atoms with Gasteiger partial charge in [0.05, 0.1) is 6.04 Å². The molecule has 0 aromatic heterocycles. The second kappa shape index (κ2) is 17.0. The van der Waals surface area contributed by atoms with Crippen LogP contribution in [-0.2, 0) is 43.1 Å². The van der Waals surface area contributed by atoms with Crippen LogP contribution in [0.5, 0.6) is 0 Å². The van der Waals surface area contributed by atoms with Crippen LogP contribution in [0.25, 0.3) is 0 Å². The normalized spacial score (nSPS) is 14.9. The number of Topliss-reactive ketones (excluding diaryl/α,β-unsaturated/α-hetero) is 2. The average molecular weight is 590 g/mol. The molecule has 0 saturated carbocycles. The Labute approximate surface area is 236 Å². The Morgan fingerprint density at radius 2 is 1.34 bits per heavy atom. The van der Waals surface area contributed by atoms with Crippen LogP contribution in [0.1, 0.15) is 71.6 Å². The summed E-state index contributed by atoms with van der Waals surface area (Å²) >= 11 is 0. The highest BCUT2D eigenvalue weighted by Gasteiger charge is 2.53. The van der Waals surface area contributed by atoms with Crippen LogP contribution in [0.4, 0.5) is 0 Å². The fraction of sp³-hybridized carbons (Fsp3) is 0.680. The second-order valence-corrected chi connectivity index (χ2v) is 10.1. The number of likely N-dealkylation sites (N-methyl/N-ethyl adjacent to an activating group) is 1. The van der Waals surface area contributed by atoms with Gasteiger partial charge in [0, 0.05) is 25.7 Å². The number of carboxylic acids is 4. The summed E-state index contributed by atoms with van der Waals surface area (Å²) in [5, 5.41) is 38.2. The smallest absolute Gasteiger partial charge is 0.372 e. The number of carbonyl (C=O) groups is 8. The molecule has 0 spiro atoms. The lowest BCUT2D eigenvalue weighted by Crippen LogP contribution is -2.63. The van der Waals surface area contributed by atoms with Gasteiger partial charge in [-0.25, -0.2) is 14.4 Å². The van der Waals surface area contributed by atoms with Gasteiger partial charge in [0.25, 0.3) is 0 Å². The number of hydrogen-bond donors (Lipinski definition) is 6. The van der Waals surface area contributed by atoms with Crippen molar-refractivity contribution in [3.05, 3.63) is 0 Å². The topological polar surface area (TPSA) is 282 Å². The number of primary amides is 1. The number of carbonyl (C=O) groups excluding carboxylic acids is 4. The zero-order chi connectivity index (χ0) is 32.1. The minimum Gasteiger partial charge on any atom is -0.480 e.